The third-order valence-corrected chi connectivity index (χ3v) is 3.91. The van der Waals surface area contributed by atoms with E-state index in [-0.39, 0.29) is 0 Å². The molecule has 0 N–H and O–H groups in total. The molecule has 1 fully saturated rings. The molecule has 0 radical (unpaired) electrons. The second-order valence-electron chi connectivity index (χ2n) is 5.82. The molecule has 2 atom stereocenters. The van der Waals surface area contributed by atoms with Gasteiger partial charge in [-0.15, -0.1) is 0 Å². The van der Waals surface area contributed by atoms with E-state index >= 15 is 0 Å². The molecule has 2 aromatic heterocycles. The summed E-state index contributed by atoms with van der Waals surface area (Å²) in [5, 5.41) is 4.44. The van der Waals surface area contributed by atoms with Crippen molar-refractivity contribution < 1.29 is 13.2 Å². The standard InChI is InChI=1S/C14H16F3N3/c1-8(2)10-5-11(10)12-4-3-9-6-18-20(13(9)19-12)7-14(15,16)17/h3-4,6,8,10-11H,5,7H2,1-2H3/t10-,11+/m1/s1. The van der Waals surface area contributed by atoms with Gasteiger partial charge in [0.25, 0.3) is 0 Å². The number of alkyl halides is 3. The lowest BCUT2D eigenvalue weighted by Gasteiger charge is -2.08. The predicted octanol–water partition coefficient (Wildman–Crippen LogP) is 3.75. The molecule has 0 bridgehead atoms. The monoisotopic (exact) mass is 283 g/mol. The molecule has 6 heteroatoms. The van der Waals surface area contributed by atoms with Crippen LogP contribution in [0.4, 0.5) is 13.2 Å². The molecule has 0 unspecified atom stereocenters. The Morgan fingerprint density at radius 3 is 2.70 bits per heavy atom. The van der Waals surface area contributed by atoms with Gasteiger partial charge in [0.05, 0.1) is 6.20 Å². The van der Waals surface area contributed by atoms with Crippen molar-refractivity contribution in [3.8, 4) is 0 Å². The number of hydrogen-bond acceptors (Lipinski definition) is 2. The van der Waals surface area contributed by atoms with E-state index < -0.39 is 12.7 Å². The number of rotatable bonds is 3. The average molecular weight is 283 g/mol. The molecule has 1 aliphatic rings. The third kappa shape index (κ3) is 2.51. The number of pyridine rings is 1. The van der Waals surface area contributed by atoms with Crippen LogP contribution in [0, 0.1) is 11.8 Å². The van der Waals surface area contributed by atoms with E-state index in [1.54, 1.807) is 0 Å². The van der Waals surface area contributed by atoms with Crippen molar-refractivity contribution in [2.45, 2.75) is 38.9 Å². The Morgan fingerprint density at radius 1 is 1.35 bits per heavy atom. The van der Waals surface area contributed by atoms with Crippen molar-refractivity contribution in [1.29, 1.82) is 0 Å². The quantitative estimate of drug-likeness (QED) is 0.858. The molecule has 2 aromatic rings. The minimum absolute atomic E-state index is 0.328. The van der Waals surface area contributed by atoms with Crippen LogP contribution in [0.25, 0.3) is 11.0 Å². The molecule has 1 aliphatic carbocycles. The van der Waals surface area contributed by atoms with Gasteiger partial charge in [-0.2, -0.15) is 18.3 Å². The second-order valence-corrected chi connectivity index (χ2v) is 5.82. The summed E-state index contributed by atoms with van der Waals surface area (Å²) in [5.41, 5.74) is 1.22. The molecule has 2 heterocycles. The van der Waals surface area contributed by atoms with Crippen LogP contribution >= 0.6 is 0 Å². The Balaban J connectivity index is 1.92. The van der Waals surface area contributed by atoms with Crippen molar-refractivity contribution in [1.82, 2.24) is 14.8 Å². The summed E-state index contributed by atoms with van der Waals surface area (Å²) in [6.45, 7) is 3.24. The highest BCUT2D eigenvalue weighted by atomic mass is 19.4. The zero-order valence-electron chi connectivity index (χ0n) is 11.4. The van der Waals surface area contributed by atoms with Crippen LogP contribution in [0.5, 0.6) is 0 Å². The first kappa shape index (κ1) is 13.4. The summed E-state index contributed by atoms with van der Waals surface area (Å²) in [6.07, 6.45) is -1.77. The maximum Gasteiger partial charge on any atom is 0.408 e. The number of aromatic nitrogens is 3. The second kappa shape index (κ2) is 4.46. The summed E-state index contributed by atoms with van der Waals surface area (Å²) < 4.78 is 38.4. The van der Waals surface area contributed by atoms with Crippen molar-refractivity contribution >= 4 is 11.0 Å². The normalized spacial score (nSPS) is 22.7. The summed E-state index contributed by atoms with van der Waals surface area (Å²) in [5.74, 6) is 1.56. The zero-order valence-corrected chi connectivity index (χ0v) is 11.4. The maximum atomic E-state index is 12.5. The summed E-state index contributed by atoms with van der Waals surface area (Å²) in [4.78, 5) is 4.41. The highest BCUT2D eigenvalue weighted by Crippen LogP contribution is 2.51. The smallest absolute Gasteiger partial charge is 0.238 e. The van der Waals surface area contributed by atoms with Crippen LogP contribution in [-0.4, -0.2) is 20.9 Å². The maximum absolute atomic E-state index is 12.5. The van der Waals surface area contributed by atoms with E-state index in [2.05, 4.69) is 23.9 Å². The molecular formula is C14H16F3N3. The van der Waals surface area contributed by atoms with Gasteiger partial charge in [-0.3, -0.25) is 0 Å². The Hall–Kier alpha value is -1.59. The predicted molar refractivity (Wildman–Crippen MR) is 69.3 cm³/mol. The van der Waals surface area contributed by atoms with Gasteiger partial charge in [-0.1, -0.05) is 13.8 Å². The molecule has 0 saturated heterocycles. The van der Waals surface area contributed by atoms with Crippen molar-refractivity contribution in [2.75, 3.05) is 0 Å². The zero-order chi connectivity index (χ0) is 14.5. The fourth-order valence-corrected chi connectivity index (χ4v) is 2.75. The molecular weight excluding hydrogens is 267 g/mol. The number of hydrogen-bond donors (Lipinski definition) is 0. The molecule has 0 amide bonds. The molecule has 3 rings (SSSR count). The highest BCUT2D eigenvalue weighted by Gasteiger charge is 2.41. The largest absolute Gasteiger partial charge is 0.408 e. The molecule has 0 aromatic carbocycles. The van der Waals surface area contributed by atoms with E-state index in [1.807, 2.05) is 12.1 Å². The Labute approximate surface area is 114 Å². The minimum Gasteiger partial charge on any atom is -0.238 e. The van der Waals surface area contributed by atoms with Crippen molar-refractivity contribution in [3.05, 3.63) is 24.0 Å². The number of fused-ring (bicyclic) bond motifs is 1. The topological polar surface area (TPSA) is 30.7 Å². The fraction of sp³-hybridized carbons (Fsp3) is 0.571. The molecule has 1 saturated carbocycles. The number of nitrogens with zero attached hydrogens (tertiary/aromatic N) is 3. The van der Waals surface area contributed by atoms with Crippen LogP contribution in [0.2, 0.25) is 0 Å². The summed E-state index contributed by atoms with van der Waals surface area (Å²) in [6, 6.07) is 3.72. The Morgan fingerprint density at radius 2 is 2.10 bits per heavy atom. The van der Waals surface area contributed by atoms with Crippen LogP contribution in [0.1, 0.15) is 31.9 Å². The van der Waals surface area contributed by atoms with Crippen LogP contribution in [0.3, 0.4) is 0 Å². The third-order valence-electron chi connectivity index (χ3n) is 3.91. The van der Waals surface area contributed by atoms with Crippen LogP contribution in [0.15, 0.2) is 18.3 Å². The average Bonchev–Trinajstić information content (AvgIpc) is 3.06. The molecule has 3 nitrogen and oxygen atoms in total. The lowest BCUT2D eigenvalue weighted by molar-refractivity contribution is -0.141. The van der Waals surface area contributed by atoms with E-state index in [0.29, 0.717) is 28.8 Å². The van der Waals surface area contributed by atoms with Gasteiger partial charge in [0.2, 0.25) is 0 Å². The van der Waals surface area contributed by atoms with E-state index in [9.17, 15) is 13.2 Å². The van der Waals surface area contributed by atoms with Crippen LogP contribution in [-0.2, 0) is 6.54 Å². The van der Waals surface area contributed by atoms with Gasteiger partial charge in [-0.25, -0.2) is 9.67 Å². The van der Waals surface area contributed by atoms with Crippen molar-refractivity contribution in [3.63, 3.8) is 0 Å². The van der Waals surface area contributed by atoms with E-state index in [1.165, 1.54) is 6.20 Å². The minimum atomic E-state index is -4.28. The van der Waals surface area contributed by atoms with Gasteiger partial charge in [0.1, 0.15) is 6.54 Å². The molecule has 0 spiro atoms. The SMILES string of the molecule is CC(C)[C@H]1C[C@@H]1c1ccc2cnn(CC(F)(F)F)c2n1. The molecule has 0 aliphatic heterocycles. The van der Waals surface area contributed by atoms with Gasteiger partial charge >= 0.3 is 6.18 Å². The summed E-state index contributed by atoms with van der Waals surface area (Å²) >= 11 is 0. The lowest BCUT2D eigenvalue weighted by atomic mass is 10.1. The number of halogens is 3. The summed E-state index contributed by atoms with van der Waals surface area (Å²) in [7, 11) is 0. The van der Waals surface area contributed by atoms with Gasteiger partial charge in [0.15, 0.2) is 5.65 Å². The van der Waals surface area contributed by atoms with E-state index in [4.69, 9.17) is 0 Å². The van der Waals surface area contributed by atoms with Gasteiger partial charge in [-0.05, 0) is 30.4 Å². The van der Waals surface area contributed by atoms with Gasteiger partial charge < -0.3 is 0 Å². The molecule has 20 heavy (non-hydrogen) atoms. The highest BCUT2D eigenvalue weighted by molar-refractivity contribution is 5.74. The first-order valence-corrected chi connectivity index (χ1v) is 6.74. The van der Waals surface area contributed by atoms with E-state index in [0.717, 1.165) is 16.8 Å². The van der Waals surface area contributed by atoms with Gasteiger partial charge in [0, 0.05) is 17.0 Å². The fourth-order valence-electron chi connectivity index (χ4n) is 2.75. The van der Waals surface area contributed by atoms with Crippen molar-refractivity contribution in [2.24, 2.45) is 11.8 Å². The first-order chi connectivity index (χ1) is 9.35. The van der Waals surface area contributed by atoms with Crippen LogP contribution < -0.4 is 0 Å². The molecule has 108 valence electrons. The Bertz CT molecular complexity index is 630. The Kier molecular flexibility index (Phi) is 2.99. The lowest BCUT2D eigenvalue weighted by Crippen LogP contribution is -2.18. The first-order valence-electron chi connectivity index (χ1n) is 6.74.